The lowest BCUT2D eigenvalue weighted by Gasteiger charge is -2.26. The van der Waals surface area contributed by atoms with Crippen LogP contribution >= 0.6 is 0 Å². The number of carbonyl (C=O) groups is 1. The summed E-state index contributed by atoms with van der Waals surface area (Å²) in [5.41, 5.74) is 9.07. The maximum Gasteiger partial charge on any atom is 0.416 e. The number of anilines is 3. The number of carbonyl (C=O) groups excluding carboxylic acids is 1. The maximum atomic E-state index is 12.9. The molecule has 5 N–H and O–H groups in total. The second-order valence-corrected chi connectivity index (χ2v) is 8.84. The van der Waals surface area contributed by atoms with Gasteiger partial charge in [-0.1, -0.05) is 12.1 Å². The van der Waals surface area contributed by atoms with Crippen molar-refractivity contribution in [3.8, 4) is 11.1 Å². The van der Waals surface area contributed by atoms with Gasteiger partial charge in [0, 0.05) is 42.6 Å². The van der Waals surface area contributed by atoms with Crippen LogP contribution < -0.4 is 16.4 Å². The summed E-state index contributed by atoms with van der Waals surface area (Å²) in [6.45, 7) is 2.99. The number of hydrogen-bond donors (Lipinski definition) is 4. The van der Waals surface area contributed by atoms with Gasteiger partial charge in [-0.05, 0) is 29.8 Å². The summed E-state index contributed by atoms with van der Waals surface area (Å²) in [4.78, 5) is 22.5. The Morgan fingerprint density at radius 3 is 2.54 bits per heavy atom. The number of rotatable bonds is 6. The Labute approximate surface area is 220 Å². The normalized spacial score (nSPS) is 14.5. The summed E-state index contributed by atoms with van der Waals surface area (Å²) in [6, 6.07) is 7.53. The first-order valence-electron chi connectivity index (χ1n) is 12.0. The van der Waals surface area contributed by atoms with Crippen LogP contribution in [-0.4, -0.2) is 61.9 Å². The number of hydrogen-bond acceptors (Lipinski definition) is 8. The molecule has 2 amide bonds. The minimum absolute atomic E-state index is 0.241. The number of morpholine rings is 1. The van der Waals surface area contributed by atoms with E-state index in [0.29, 0.717) is 47.7 Å². The molecule has 0 atom stereocenters. The molecule has 1 aliphatic rings. The number of nitrogens with two attached hydrogens (primary N) is 1. The number of nitrogens with zero attached hydrogens (tertiary/aromatic N) is 5. The van der Waals surface area contributed by atoms with E-state index in [-0.39, 0.29) is 18.2 Å². The molecule has 14 heteroatoms. The first-order chi connectivity index (χ1) is 18.7. The largest absolute Gasteiger partial charge is 0.416 e. The van der Waals surface area contributed by atoms with Crippen LogP contribution in [0.25, 0.3) is 16.6 Å². The Hall–Kier alpha value is -4.27. The number of aliphatic hydroxyl groups is 1. The van der Waals surface area contributed by atoms with Gasteiger partial charge in [0.15, 0.2) is 5.82 Å². The molecule has 39 heavy (non-hydrogen) atoms. The zero-order valence-electron chi connectivity index (χ0n) is 20.6. The van der Waals surface area contributed by atoms with E-state index < -0.39 is 17.8 Å². The molecular formula is C25H25F3N8O3. The molecule has 1 aromatic carbocycles. The third-order valence-corrected chi connectivity index (χ3v) is 6.36. The van der Waals surface area contributed by atoms with E-state index in [4.69, 9.17) is 10.5 Å². The van der Waals surface area contributed by atoms with Crippen molar-refractivity contribution in [1.82, 2.24) is 24.5 Å². The van der Waals surface area contributed by atoms with Gasteiger partial charge in [0.25, 0.3) is 0 Å². The molecule has 4 heterocycles. The zero-order valence-corrected chi connectivity index (χ0v) is 20.6. The number of aliphatic hydroxyl groups excluding tert-OH is 1. The molecule has 0 spiro atoms. The molecule has 0 unspecified atom stereocenters. The molecule has 0 saturated carbocycles. The van der Waals surface area contributed by atoms with Crippen LogP contribution in [0.5, 0.6) is 0 Å². The molecular weight excluding hydrogens is 517 g/mol. The first kappa shape index (κ1) is 26.3. The van der Waals surface area contributed by atoms with Crippen LogP contribution in [-0.2, 0) is 24.1 Å². The van der Waals surface area contributed by atoms with Crippen molar-refractivity contribution in [2.24, 2.45) is 0 Å². The fourth-order valence-corrected chi connectivity index (χ4v) is 4.51. The SMILES string of the molecule is Nc1ncnn2c(CN3CCOCC3)c(CO)c(-c3ccc(NC(=O)Nc4cc(C(F)(F)F)ccn4)cc3)c12. The second-order valence-electron chi connectivity index (χ2n) is 8.84. The van der Waals surface area contributed by atoms with Crippen molar-refractivity contribution in [3.05, 3.63) is 65.7 Å². The van der Waals surface area contributed by atoms with Crippen LogP contribution in [0.4, 0.5) is 35.3 Å². The first-order valence-corrected chi connectivity index (χ1v) is 12.0. The number of aromatic nitrogens is 4. The lowest BCUT2D eigenvalue weighted by Crippen LogP contribution is -2.36. The highest BCUT2D eigenvalue weighted by atomic mass is 19.4. The van der Waals surface area contributed by atoms with Crippen LogP contribution in [0, 0.1) is 0 Å². The molecule has 11 nitrogen and oxygen atoms in total. The topological polar surface area (TPSA) is 143 Å². The Balaban J connectivity index is 1.40. The Morgan fingerprint density at radius 1 is 1.10 bits per heavy atom. The molecule has 1 fully saturated rings. The monoisotopic (exact) mass is 542 g/mol. The van der Waals surface area contributed by atoms with Crippen molar-refractivity contribution >= 4 is 28.9 Å². The van der Waals surface area contributed by atoms with Crippen molar-refractivity contribution in [2.45, 2.75) is 19.3 Å². The number of halogens is 3. The van der Waals surface area contributed by atoms with E-state index >= 15 is 0 Å². The van der Waals surface area contributed by atoms with E-state index in [1.807, 2.05) is 0 Å². The lowest BCUT2D eigenvalue weighted by atomic mass is 10.0. The summed E-state index contributed by atoms with van der Waals surface area (Å²) < 4.78 is 45.9. The Morgan fingerprint density at radius 2 is 1.85 bits per heavy atom. The highest BCUT2D eigenvalue weighted by molar-refractivity contribution is 5.99. The molecule has 5 rings (SSSR count). The summed E-state index contributed by atoms with van der Waals surface area (Å²) in [5, 5.41) is 19.6. The standard InChI is InChI=1S/C25H25F3N8O3/c26-25(27,28)16-5-6-30-20(11-16)34-24(38)33-17-3-1-15(2-4-17)21-18(13-37)19(12-35-7-9-39-10-8-35)36-22(21)23(29)31-14-32-36/h1-6,11,14,37H,7-10,12-13H2,(H2,29,31,32)(H2,30,33,34,38). The molecule has 0 radical (unpaired) electrons. The van der Waals surface area contributed by atoms with E-state index in [9.17, 15) is 23.1 Å². The lowest BCUT2D eigenvalue weighted by molar-refractivity contribution is -0.137. The summed E-state index contributed by atoms with van der Waals surface area (Å²) in [5.74, 6) is 0.00757. The Kier molecular flexibility index (Phi) is 7.32. The molecule has 0 bridgehead atoms. The van der Waals surface area contributed by atoms with Gasteiger partial charge in [-0.25, -0.2) is 19.3 Å². The molecule has 0 aliphatic carbocycles. The number of benzene rings is 1. The van der Waals surface area contributed by atoms with E-state index in [1.165, 1.54) is 6.33 Å². The number of amides is 2. The van der Waals surface area contributed by atoms with Gasteiger partial charge in [0.2, 0.25) is 0 Å². The number of fused-ring (bicyclic) bond motifs is 1. The highest BCUT2D eigenvalue weighted by Gasteiger charge is 2.31. The molecule has 1 aliphatic heterocycles. The number of pyridine rings is 1. The van der Waals surface area contributed by atoms with Gasteiger partial charge in [-0.3, -0.25) is 10.2 Å². The average Bonchev–Trinajstić information content (AvgIpc) is 3.23. The maximum absolute atomic E-state index is 12.9. The van der Waals surface area contributed by atoms with Crippen LogP contribution in [0.15, 0.2) is 48.9 Å². The third kappa shape index (κ3) is 5.62. The quantitative estimate of drug-likeness (QED) is 0.291. The number of urea groups is 1. The van der Waals surface area contributed by atoms with Gasteiger partial charge >= 0.3 is 12.2 Å². The number of ether oxygens (including phenoxy) is 1. The van der Waals surface area contributed by atoms with Gasteiger partial charge < -0.3 is 20.9 Å². The summed E-state index contributed by atoms with van der Waals surface area (Å²) in [6.07, 6.45) is -2.23. The number of alkyl halides is 3. The van der Waals surface area contributed by atoms with Crippen molar-refractivity contribution in [2.75, 3.05) is 42.7 Å². The van der Waals surface area contributed by atoms with Gasteiger partial charge in [-0.15, -0.1) is 0 Å². The average molecular weight is 543 g/mol. The molecule has 1 saturated heterocycles. The molecule has 204 valence electrons. The van der Waals surface area contributed by atoms with Crippen molar-refractivity contribution in [1.29, 1.82) is 0 Å². The zero-order chi connectivity index (χ0) is 27.6. The van der Waals surface area contributed by atoms with Gasteiger partial charge in [0.1, 0.15) is 17.7 Å². The predicted octanol–water partition coefficient (Wildman–Crippen LogP) is 3.36. The summed E-state index contributed by atoms with van der Waals surface area (Å²) >= 11 is 0. The fraction of sp³-hybridized carbons (Fsp3) is 0.280. The molecule has 3 aromatic heterocycles. The van der Waals surface area contributed by atoms with Crippen LogP contribution in [0.3, 0.4) is 0 Å². The Bertz CT molecular complexity index is 1480. The minimum Gasteiger partial charge on any atom is -0.392 e. The third-order valence-electron chi connectivity index (χ3n) is 6.36. The smallest absolute Gasteiger partial charge is 0.392 e. The highest BCUT2D eigenvalue weighted by Crippen LogP contribution is 2.36. The summed E-state index contributed by atoms with van der Waals surface area (Å²) in [7, 11) is 0. The predicted molar refractivity (Wildman–Crippen MR) is 137 cm³/mol. The van der Waals surface area contributed by atoms with Gasteiger partial charge in [-0.2, -0.15) is 18.3 Å². The second kappa shape index (κ2) is 10.8. The van der Waals surface area contributed by atoms with Gasteiger partial charge in [0.05, 0.1) is 31.1 Å². The fourth-order valence-electron chi connectivity index (χ4n) is 4.51. The van der Waals surface area contributed by atoms with E-state index in [2.05, 4.69) is 30.6 Å². The number of nitrogen functional groups attached to an aromatic ring is 1. The van der Waals surface area contributed by atoms with Crippen LogP contribution in [0.1, 0.15) is 16.8 Å². The van der Waals surface area contributed by atoms with E-state index in [0.717, 1.165) is 37.1 Å². The van der Waals surface area contributed by atoms with Crippen molar-refractivity contribution < 1.29 is 27.8 Å². The minimum atomic E-state index is -4.56. The number of nitrogens with one attached hydrogen (secondary N) is 2. The molecule has 4 aromatic rings. The van der Waals surface area contributed by atoms with E-state index in [1.54, 1.807) is 28.8 Å². The van der Waals surface area contributed by atoms with Crippen molar-refractivity contribution in [3.63, 3.8) is 0 Å². The van der Waals surface area contributed by atoms with Crippen LogP contribution in [0.2, 0.25) is 0 Å².